The molecule has 0 unspecified atom stereocenters. The average Bonchev–Trinajstić information content (AvgIpc) is 2.94. The summed E-state index contributed by atoms with van der Waals surface area (Å²) in [5.74, 6) is -0.326. The molecule has 1 amide bonds. The number of likely N-dealkylation sites (N-methyl/N-ethyl adjacent to an activating group) is 1. The van der Waals surface area contributed by atoms with Gasteiger partial charge in [0.25, 0.3) is 5.91 Å². The predicted octanol–water partition coefficient (Wildman–Crippen LogP) is -0.514. The fourth-order valence-corrected chi connectivity index (χ4v) is 2.15. The summed E-state index contributed by atoms with van der Waals surface area (Å²) >= 11 is 0. The van der Waals surface area contributed by atoms with Crippen LogP contribution in [0.4, 0.5) is 0 Å². The van der Waals surface area contributed by atoms with Gasteiger partial charge in [-0.1, -0.05) is 5.16 Å². The summed E-state index contributed by atoms with van der Waals surface area (Å²) in [7, 11) is 1.92. The number of amides is 1. The number of nitrogens with one attached hydrogen (secondary N) is 1. The Hall–Kier alpha value is -1.44. The van der Waals surface area contributed by atoms with Gasteiger partial charge in [0.1, 0.15) is 6.26 Å². The maximum absolute atomic E-state index is 11.8. The number of morpholine rings is 1. The second-order valence-electron chi connectivity index (χ2n) is 4.92. The molecule has 2 atom stereocenters. The van der Waals surface area contributed by atoms with Crippen LogP contribution in [0.3, 0.4) is 0 Å². The van der Waals surface area contributed by atoms with Crippen LogP contribution in [0, 0.1) is 0 Å². The Labute approximate surface area is 111 Å². The Balaban J connectivity index is 2.00. The Morgan fingerprint density at radius 1 is 1.74 bits per heavy atom. The standard InChI is InChI=1S/C12H19N3O4/c1-9-5-18-8-12(7-16,15(9)2)6-13-11(17)10-3-4-19-14-10/h3-4,9,16H,5-8H2,1-2H3,(H,13,17)/t9-,12+/m1/s1. The molecule has 7 heteroatoms. The van der Waals surface area contributed by atoms with Crippen molar-refractivity contribution in [1.82, 2.24) is 15.4 Å². The number of aliphatic hydroxyl groups is 1. The van der Waals surface area contributed by atoms with E-state index in [1.807, 2.05) is 18.9 Å². The topological polar surface area (TPSA) is 87.8 Å². The third kappa shape index (κ3) is 2.78. The van der Waals surface area contributed by atoms with Gasteiger partial charge in [0.2, 0.25) is 0 Å². The Morgan fingerprint density at radius 2 is 2.53 bits per heavy atom. The van der Waals surface area contributed by atoms with Crippen molar-refractivity contribution < 1.29 is 19.2 Å². The molecular formula is C12H19N3O4. The molecule has 106 valence electrons. The van der Waals surface area contributed by atoms with Crippen molar-refractivity contribution in [2.75, 3.05) is 33.4 Å². The SMILES string of the molecule is C[C@@H]1COC[C@@](CO)(CNC(=O)c2ccon2)N1C. The van der Waals surface area contributed by atoms with E-state index < -0.39 is 5.54 Å². The van der Waals surface area contributed by atoms with Crippen molar-refractivity contribution in [3.63, 3.8) is 0 Å². The van der Waals surface area contributed by atoms with Crippen molar-refractivity contribution in [2.45, 2.75) is 18.5 Å². The lowest BCUT2D eigenvalue weighted by Gasteiger charge is -2.47. The van der Waals surface area contributed by atoms with Crippen LogP contribution in [0.5, 0.6) is 0 Å². The highest BCUT2D eigenvalue weighted by molar-refractivity contribution is 5.92. The summed E-state index contributed by atoms with van der Waals surface area (Å²) in [5.41, 5.74) is -0.377. The molecule has 0 saturated carbocycles. The largest absolute Gasteiger partial charge is 0.394 e. The summed E-state index contributed by atoms with van der Waals surface area (Å²) in [6.07, 6.45) is 1.34. The molecule has 1 aliphatic heterocycles. The van der Waals surface area contributed by atoms with Gasteiger partial charge in [0, 0.05) is 18.7 Å². The van der Waals surface area contributed by atoms with Gasteiger partial charge in [0.05, 0.1) is 25.4 Å². The zero-order valence-electron chi connectivity index (χ0n) is 11.1. The molecule has 1 fully saturated rings. The first-order valence-corrected chi connectivity index (χ1v) is 6.19. The average molecular weight is 269 g/mol. The van der Waals surface area contributed by atoms with Gasteiger partial charge < -0.3 is 19.7 Å². The molecule has 1 aromatic heterocycles. The highest BCUT2D eigenvalue weighted by Gasteiger charge is 2.40. The van der Waals surface area contributed by atoms with Crippen LogP contribution >= 0.6 is 0 Å². The fraction of sp³-hybridized carbons (Fsp3) is 0.667. The van der Waals surface area contributed by atoms with Crippen LogP contribution in [-0.2, 0) is 4.74 Å². The minimum Gasteiger partial charge on any atom is -0.394 e. The zero-order valence-corrected chi connectivity index (χ0v) is 11.1. The highest BCUT2D eigenvalue weighted by atomic mass is 16.5. The van der Waals surface area contributed by atoms with Gasteiger partial charge in [-0.25, -0.2) is 0 Å². The number of aliphatic hydroxyl groups excluding tert-OH is 1. The zero-order chi connectivity index (χ0) is 13.9. The molecule has 0 bridgehead atoms. The summed E-state index contributed by atoms with van der Waals surface area (Å²) < 4.78 is 10.1. The number of hydrogen-bond donors (Lipinski definition) is 2. The molecule has 2 rings (SSSR count). The van der Waals surface area contributed by atoms with Gasteiger partial charge in [0.15, 0.2) is 5.69 Å². The molecule has 0 aliphatic carbocycles. The van der Waals surface area contributed by atoms with E-state index in [1.165, 1.54) is 12.3 Å². The molecule has 1 aromatic rings. The minimum atomic E-state index is -0.600. The maximum atomic E-state index is 11.8. The second-order valence-corrected chi connectivity index (χ2v) is 4.92. The first-order valence-electron chi connectivity index (χ1n) is 6.19. The minimum absolute atomic E-state index is 0.0903. The summed E-state index contributed by atoms with van der Waals surface area (Å²) in [5, 5.41) is 16.0. The lowest BCUT2D eigenvalue weighted by atomic mass is 9.96. The molecule has 0 aromatic carbocycles. The van der Waals surface area contributed by atoms with Crippen LogP contribution < -0.4 is 5.32 Å². The van der Waals surface area contributed by atoms with E-state index in [-0.39, 0.29) is 30.8 Å². The molecular weight excluding hydrogens is 250 g/mol. The highest BCUT2D eigenvalue weighted by Crippen LogP contribution is 2.21. The van der Waals surface area contributed by atoms with Crippen LogP contribution in [0.1, 0.15) is 17.4 Å². The molecule has 2 N–H and O–H groups in total. The van der Waals surface area contributed by atoms with Gasteiger partial charge >= 0.3 is 0 Å². The first kappa shape index (κ1) is 14.0. The number of carbonyl (C=O) groups excluding carboxylic acids is 1. The van der Waals surface area contributed by atoms with Crippen molar-refractivity contribution in [2.24, 2.45) is 0 Å². The number of rotatable bonds is 4. The van der Waals surface area contributed by atoms with Crippen molar-refractivity contribution >= 4 is 5.91 Å². The summed E-state index contributed by atoms with van der Waals surface area (Å²) in [6, 6.07) is 1.68. The molecule has 1 saturated heterocycles. The molecule has 7 nitrogen and oxygen atoms in total. The van der Waals surface area contributed by atoms with Crippen LogP contribution in [0.25, 0.3) is 0 Å². The van der Waals surface area contributed by atoms with Gasteiger partial charge in [-0.05, 0) is 14.0 Å². The Morgan fingerprint density at radius 3 is 3.16 bits per heavy atom. The molecule has 2 heterocycles. The molecule has 1 aliphatic rings. The van der Waals surface area contributed by atoms with E-state index in [2.05, 4.69) is 15.0 Å². The van der Waals surface area contributed by atoms with Crippen molar-refractivity contribution in [1.29, 1.82) is 0 Å². The monoisotopic (exact) mass is 269 g/mol. The van der Waals surface area contributed by atoms with Crippen LogP contribution in [0.15, 0.2) is 16.9 Å². The number of aromatic nitrogens is 1. The molecule has 19 heavy (non-hydrogen) atoms. The van der Waals surface area contributed by atoms with E-state index >= 15 is 0 Å². The number of nitrogens with zero attached hydrogens (tertiary/aromatic N) is 2. The lowest BCUT2D eigenvalue weighted by molar-refractivity contribution is -0.105. The number of carbonyl (C=O) groups is 1. The van der Waals surface area contributed by atoms with E-state index in [0.29, 0.717) is 13.2 Å². The van der Waals surface area contributed by atoms with Gasteiger partial charge in [-0.2, -0.15) is 0 Å². The maximum Gasteiger partial charge on any atom is 0.273 e. The smallest absolute Gasteiger partial charge is 0.273 e. The lowest BCUT2D eigenvalue weighted by Crippen LogP contribution is -2.65. The van der Waals surface area contributed by atoms with E-state index in [9.17, 15) is 9.90 Å². The van der Waals surface area contributed by atoms with E-state index in [0.717, 1.165) is 0 Å². The van der Waals surface area contributed by atoms with E-state index in [4.69, 9.17) is 4.74 Å². The van der Waals surface area contributed by atoms with Crippen molar-refractivity contribution in [3.8, 4) is 0 Å². The molecule has 0 radical (unpaired) electrons. The number of ether oxygens (including phenoxy) is 1. The predicted molar refractivity (Wildman–Crippen MR) is 66.7 cm³/mol. The van der Waals surface area contributed by atoms with E-state index in [1.54, 1.807) is 0 Å². The third-order valence-corrected chi connectivity index (χ3v) is 3.68. The second kappa shape index (κ2) is 5.68. The Kier molecular flexibility index (Phi) is 4.18. The summed E-state index contributed by atoms with van der Waals surface area (Å²) in [6.45, 7) is 3.21. The fourth-order valence-electron chi connectivity index (χ4n) is 2.15. The van der Waals surface area contributed by atoms with Crippen LogP contribution in [-0.4, -0.2) is 66.1 Å². The Bertz CT molecular complexity index is 423. The first-order chi connectivity index (χ1) is 9.09. The normalized spacial score (nSPS) is 28.3. The van der Waals surface area contributed by atoms with Crippen LogP contribution in [0.2, 0.25) is 0 Å². The quantitative estimate of drug-likeness (QED) is 0.765. The third-order valence-electron chi connectivity index (χ3n) is 3.68. The van der Waals surface area contributed by atoms with Gasteiger partial charge in [-0.15, -0.1) is 0 Å². The summed E-state index contributed by atoms with van der Waals surface area (Å²) in [4.78, 5) is 13.9. The number of hydrogen-bond acceptors (Lipinski definition) is 6. The van der Waals surface area contributed by atoms with Gasteiger partial charge in [-0.3, -0.25) is 9.69 Å². The van der Waals surface area contributed by atoms with Crippen molar-refractivity contribution in [3.05, 3.63) is 18.0 Å². The molecule has 0 spiro atoms.